The molecular formula is C22H27N7O. The zero-order chi connectivity index (χ0) is 21.1. The second-order valence-electron chi connectivity index (χ2n) is 7.76. The largest absolute Gasteiger partial charge is 0.381 e. The van der Waals surface area contributed by atoms with Crippen LogP contribution >= 0.6 is 0 Å². The number of nitrogens with one attached hydrogen (secondary N) is 2. The number of hydrogen-bond acceptors (Lipinski definition) is 6. The van der Waals surface area contributed by atoms with Crippen LogP contribution in [0.5, 0.6) is 0 Å². The number of carbonyl (C=O) groups is 1. The second kappa shape index (κ2) is 8.54. The number of amides is 1. The van der Waals surface area contributed by atoms with Crippen molar-refractivity contribution in [3.8, 4) is 11.3 Å². The Balaban J connectivity index is 1.60. The number of anilines is 3. The Bertz CT molecular complexity index is 1050. The summed E-state index contributed by atoms with van der Waals surface area (Å²) in [6.45, 7) is 0. The quantitative estimate of drug-likeness (QED) is 0.500. The number of nitrogens with zero attached hydrogens (tertiary/aromatic N) is 3. The number of pyridine rings is 1. The van der Waals surface area contributed by atoms with E-state index in [4.69, 9.17) is 11.5 Å². The van der Waals surface area contributed by atoms with Gasteiger partial charge in [0, 0.05) is 36.6 Å². The summed E-state index contributed by atoms with van der Waals surface area (Å²) in [5.74, 6) is 0.118. The van der Waals surface area contributed by atoms with Crippen molar-refractivity contribution in [2.75, 3.05) is 10.6 Å². The predicted molar refractivity (Wildman–Crippen MR) is 119 cm³/mol. The highest BCUT2D eigenvalue weighted by molar-refractivity contribution is 5.99. The number of carbonyl (C=O) groups excluding carboxylic acids is 1. The third-order valence-electron chi connectivity index (χ3n) is 5.47. The molecule has 156 valence electrons. The summed E-state index contributed by atoms with van der Waals surface area (Å²) in [5, 5.41) is 11.0. The van der Waals surface area contributed by atoms with Crippen LogP contribution in [0.3, 0.4) is 0 Å². The molecule has 8 heteroatoms. The van der Waals surface area contributed by atoms with Crippen molar-refractivity contribution in [1.82, 2.24) is 14.8 Å². The van der Waals surface area contributed by atoms with Crippen LogP contribution in [0.15, 0.2) is 48.8 Å². The summed E-state index contributed by atoms with van der Waals surface area (Å²) in [4.78, 5) is 16.6. The van der Waals surface area contributed by atoms with E-state index in [1.807, 2.05) is 43.6 Å². The molecule has 1 amide bonds. The molecule has 1 aromatic carbocycles. The van der Waals surface area contributed by atoms with Gasteiger partial charge in [-0.15, -0.1) is 0 Å². The fraction of sp³-hybridized carbons (Fsp3) is 0.318. The fourth-order valence-corrected chi connectivity index (χ4v) is 3.86. The van der Waals surface area contributed by atoms with Crippen molar-refractivity contribution in [2.24, 2.45) is 18.5 Å². The van der Waals surface area contributed by atoms with Gasteiger partial charge >= 0.3 is 0 Å². The molecule has 2 atom stereocenters. The van der Waals surface area contributed by atoms with Gasteiger partial charge in [-0.05, 0) is 43.2 Å². The molecule has 8 nitrogen and oxygen atoms in total. The van der Waals surface area contributed by atoms with E-state index in [9.17, 15) is 4.79 Å². The maximum atomic E-state index is 12.0. The summed E-state index contributed by atoms with van der Waals surface area (Å²) in [7, 11) is 1.86. The first-order chi connectivity index (χ1) is 14.5. The van der Waals surface area contributed by atoms with Crippen LogP contribution in [-0.4, -0.2) is 32.8 Å². The van der Waals surface area contributed by atoms with Crippen LogP contribution in [-0.2, 0) is 7.05 Å². The first-order valence-corrected chi connectivity index (χ1v) is 10.2. The molecule has 0 bridgehead atoms. The fourth-order valence-electron chi connectivity index (χ4n) is 3.86. The van der Waals surface area contributed by atoms with Crippen molar-refractivity contribution < 1.29 is 4.79 Å². The first-order valence-electron chi connectivity index (χ1n) is 10.2. The Morgan fingerprint density at radius 1 is 1.20 bits per heavy atom. The number of rotatable bonds is 6. The van der Waals surface area contributed by atoms with E-state index in [-0.39, 0.29) is 12.1 Å². The standard InChI is InChI=1S/C22H27N7O/c1-29-13-14(12-25-29)18-7-4-8-21(27-18)28-20-11-15(9-10-16(20)22(24)30)26-19-6-3-2-5-17(19)23/h4,7-13,17,19,26H,2-3,5-6,23H2,1H3,(H2,24,30)(H,27,28)/t17-,19+/m1/s1. The molecule has 0 radical (unpaired) electrons. The Labute approximate surface area is 175 Å². The minimum atomic E-state index is -0.498. The van der Waals surface area contributed by atoms with Gasteiger partial charge in [0.15, 0.2) is 0 Å². The Hall–Kier alpha value is -3.39. The lowest BCUT2D eigenvalue weighted by Crippen LogP contribution is -2.42. The molecule has 0 aliphatic heterocycles. The van der Waals surface area contributed by atoms with Crippen molar-refractivity contribution in [3.63, 3.8) is 0 Å². The number of hydrogen-bond donors (Lipinski definition) is 4. The molecule has 1 aliphatic rings. The zero-order valence-corrected chi connectivity index (χ0v) is 17.0. The third kappa shape index (κ3) is 4.44. The van der Waals surface area contributed by atoms with Gasteiger partial charge in [-0.1, -0.05) is 18.9 Å². The van der Waals surface area contributed by atoms with Gasteiger partial charge in [0.05, 0.1) is 23.1 Å². The molecule has 1 saturated carbocycles. The Morgan fingerprint density at radius 3 is 2.77 bits per heavy atom. The normalized spacial score (nSPS) is 18.7. The van der Waals surface area contributed by atoms with Gasteiger partial charge in [-0.25, -0.2) is 4.98 Å². The smallest absolute Gasteiger partial charge is 0.250 e. The highest BCUT2D eigenvalue weighted by Gasteiger charge is 2.22. The van der Waals surface area contributed by atoms with E-state index >= 15 is 0 Å². The van der Waals surface area contributed by atoms with Crippen molar-refractivity contribution in [3.05, 3.63) is 54.4 Å². The van der Waals surface area contributed by atoms with Crippen LogP contribution in [0.4, 0.5) is 17.2 Å². The van der Waals surface area contributed by atoms with Crippen LogP contribution in [0.1, 0.15) is 36.0 Å². The number of aromatic nitrogens is 3. The molecule has 2 aromatic heterocycles. The lowest BCUT2D eigenvalue weighted by molar-refractivity contribution is 0.100. The lowest BCUT2D eigenvalue weighted by Gasteiger charge is -2.30. The van der Waals surface area contributed by atoms with E-state index in [2.05, 4.69) is 20.7 Å². The zero-order valence-electron chi connectivity index (χ0n) is 17.0. The minimum Gasteiger partial charge on any atom is -0.381 e. The van der Waals surface area contributed by atoms with E-state index in [0.29, 0.717) is 17.1 Å². The first kappa shape index (κ1) is 19.9. The molecule has 0 spiro atoms. The molecule has 3 aromatic rings. The minimum absolute atomic E-state index is 0.129. The van der Waals surface area contributed by atoms with Gasteiger partial charge in [0.1, 0.15) is 5.82 Å². The molecule has 1 fully saturated rings. The molecular weight excluding hydrogens is 378 g/mol. The molecule has 1 aliphatic carbocycles. The van der Waals surface area contributed by atoms with Gasteiger partial charge in [0.25, 0.3) is 5.91 Å². The monoisotopic (exact) mass is 405 g/mol. The van der Waals surface area contributed by atoms with Gasteiger partial charge in [0.2, 0.25) is 0 Å². The Kier molecular flexibility index (Phi) is 5.67. The predicted octanol–water partition coefficient (Wildman–Crippen LogP) is 3.01. The van der Waals surface area contributed by atoms with Crippen LogP contribution in [0.2, 0.25) is 0 Å². The summed E-state index contributed by atoms with van der Waals surface area (Å²) < 4.78 is 1.73. The summed E-state index contributed by atoms with van der Waals surface area (Å²) in [5.41, 5.74) is 15.5. The van der Waals surface area contributed by atoms with Crippen LogP contribution in [0.25, 0.3) is 11.3 Å². The van der Waals surface area contributed by atoms with Gasteiger partial charge in [-0.3, -0.25) is 9.48 Å². The molecule has 0 unspecified atom stereocenters. The van der Waals surface area contributed by atoms with Crippen LogP contribution in [0, 0.1) is 0 Å². The summed E-state index contributed by atoms with van der Waals surface area (Å²) in [6, 6.07) is 11.5. The van der Waals surface area contributed by atoms with Gasteiger partial charge in [-0.2, -0.15) is 5.10 Å². The topological polar surface area (TPSA) is 124 Å². The summed E-state index contributed by atoms with van der Waals surface area (Å²) in [6.07, 6.45) is 8.06. The number of primary amides is 1. The average Bonchev–Trinajstić information content (AvgIpc) is 3.16. The van der Waals surface area contributed by atoms with E-state index < -0.39 is 5.91 Å². The van der Waals surface area contributed by atoms with Crippen LogP contribution < -0.4 is 22.1 Å². The maximum Gasteiger partial charge on any atom is 0.250 e. The van der Waals surface area contributed by atoms with Gasteiger partial charge < -0.3 is 22.1 Å². The highest BCUT2D eigenvalue weighted by Crippen LogP contribution is 2.28. The Morgan fingerprint density at radius 2 is 2.03 bits per heavy atom. The van der Waals surface area contributed by atoms with Crippen molar-refractivity contribution in [1.29, 1.82) is 0 Å². The molecule has 30 heavy (non-hydrogen) atoms. The van der Waals surface area contributed by atoms with E-state index in [0.717, 1.165) is 29.8 Å². The van der Waals surface area contributed by atoms with E-state index in [1.54, 1.807) is 16.9 Å². The second-order valence-corrected chi connectivity index (χ2v) is 7.76. The highest BCUT2D eigenvalue weighted by atomic mass is 16.1. The SMILES string of the molecule is Cn1cc(-c2cccc(Nc3cc(N[C@H]4CCCC[C@H]4N)ccc3C(N)=O)n2)cn1. The molecule has 6 N–H and O–H groups in total. The summed E-state index contributed by atoms with van der Waals surface area (Å²) >= 11 is 0. The lowest BCUT2D eigenvalue weighted by atomic mass is 9.91. The van der Waals surface area contributed by atoms with Crippen molar-refractivity contribution >= 4 is 23.1 Å². The molecule has 2 heterocycles. The maximum absolute atomic E-state index is 12.0. The van der Waals surface area contributed by atoms with Crippen molar-refractivity contribution in [2.45, 2.75) is 37.8 Å². The van der Waals surface area contributed by atoms with E-state index in [1.165, 1.54) is 12.8 Å². The number of nitrogens with two attached hydrogens (primary N) is 2. The average molecular weight is 406 g/mol. The third-order valence-corrected chi connectivity index (χ3v) is 5.47. The molecule has 4 rings (SSSR count). The number of aryl methyl sites for hydroxylation is 1. The number of benzene rings is 1. The molecule has 0 saturated heterocycles.